The Balaban J connectivity index is 1.94. The number of nitrogens with one attached hydrogen (secondary N) is 2. The van der Waals surface area contributed by atoms with Crippen molar-refractivity contribution in [2.24, 2.45) is 0 Å². The van der Waals surface area contributed by atoms with Gasteiger partial charge in [-0.2, -0.15) is 26.3 Å². The summed E-state index contributed by atoms with van der Waals surface area (Å²) in [6.07, 6.45) is -8.53. The average molecular weight is 459 g/mol. The van der Waals surface area contributed by atoms with Crippen molar-refractivity contribution in [1.82, 2.24) is 20.3 Å². The summed E-state index contributed by atoms with van der Waals surface area (Å²) < 4.78 is 82.3. The maximum Gasteiger partial charge on any atom is 0.416 e. The quantitative estimate of drug-likeness (QED) is 0.659. The highest BCUT2D eigenvalue weighted by Crippen LogP contribution is 2.46. The van der Waals surface area contributed by atoms with Crippen molar-refractivity contribution in [3.05, 3.63) is 35.3 Å². The first-order valence-electron chi connectivity index (χ1n) is 9.91. The molecule has 4 rings (SSSR count). The number of pyridine rings is 1. The number of aromatic nitrogens is 3. The van der Waals surface area contributed by atoms with Crippen molar-refractivity contribution in [2.45, 2.75) is 49.9 Å². The van der Waals surface area contributed by atoms with Crippen LogP contribution in [0.5, 0.6) is 0 Å². The van der Waals surface area contributed by atoms with Gasteiger partial charge in [0.05, 0.1) is 22.9 Å². The van der Waals surface area contributed by atoms with Gasteiger partial charge in [0.15, 0.2) is 0 Å². The van der Waals surface area contributed by atoms with Crippen LogP contribution in [-0.2, 0) is 16.4 Å². The molecule has 0 aliphatic carbocycles. The number of fused-ring (bicyclic) bond motifs is 1. The topological polar surface area (TPSA) is 79.8 Å². The molecular weight excluding hydrogens is 440 g/mol. The molecule has 172 valence electrons. The second-order valence-corrected chi connectivity index (χ2v) is 8.27. The van der Waals surface area contributed by atoms with Crippen LogP contribution in [0.3, 0.4) is 0 Å². The average Bonchev–Trinajstić information content (AvgIpc) is 2.71. The number of hydrogen-bond acceptors (Lipinski definition) is 5. The minimum absolute atomic E-state index is 0.139. The Labute approximate surface area is 178 Å². The van der Waals surface area contributed by atoms with Crippen molar-refractivity contribution in [3.8, 4) is 11.4 Å². The van der Waals surface area contributed by atoms with E-state index < -0.39 is 47.1 Å². The van der Waals surface area contributed by atoms with Crippen LogP contribution >= 0.6 is 0 Å². The van der Waals surface area contributed by atoms with Gasteiger partial charge in [0.1, 0.15) is 12.1 Å². The molecule has 2 N–H and O–H groups in total. The third-order valence-corrected chi connectivity index (χ3v) is 6.00. The van der Waals surface area contributed by atoms with Crippen LogP contribution in [0, 0.1) is 0 Å². The number of nitrogens with zero attached hydrogens (tertiary/aromatic N) is 3. The lowest BCUT2D eigenvalue weighted by Crippen LogP contribution is -2.38. The standard InChI is InChI=1S/C20H19F6N5O/c1-18(2-4-27-5-3-18)13-7-10(19(21,22)23)6-12(30-13)16-15-11(20(24,25)26)8-14(32)31-17(15)29-9-28-16/h6-7,9,11,27H,2-5,8H2,1H3,(H,28,29,31,32). The van der Waals surface area contributed by atoms with Crippen molar-refractivity contribution in [2.75, 3.05) is 18.4 Å². The summed E-state index contributed by atoms with van der Waals surface area (Å²) in [5.41, 5.74) is -2.76. The number of halogens is 6. The van der Waals surface area contributed by atoms with Crippen molar-refractivity contribution in [3.63, 3.8) is 0 Å². The summed E-state index contributed by atoms with van der Waals surface area (Å²) in [5.74, 6) is -3.51. The third-order valence-electron chi connectivity index (χ3n) is 6.00. The van der Waals surface area contributed by atoms with E-state index in [2.05, 4.69) is 25.6 Å². The SMILES string of the molecule is CC1(c2cc(C(F)(F)F)cc(-c3ncnc4c3C(C(F)(F)F)CC(=O)N4)n2)CCNCC1. The Morgan fingerprint density at radius 3 is 2.38 bits per heavy atom. The van der Waals surface area contributed by atoms with Crippen LogP contribution in [0.4, 0.5) is 32.2 Å². The maximum absolute atomic E-state index is 13.7. The van der Waals surface area contributed by atoms with E-state index in [1.807, 2.05) is 0 Å². The summed E-state index contributed by atoms with van der Waals surface area (Å²) in [6.45, 7) is 2.94. The number of carbonyl (C=O) groups excluding carboxylic acids is 1. The Morgan fingerprint density at radius 2 is 1.75 bits per heavy atom. The van der Waals surface area contributed by atoms with E-state index >= 15 is 0 Å². The molecule has 1 atom stereocenters. The van der Waals surface area contributed by atoms with E-state index in [1.165, 1.54) is 0 Å². The van der Waals surface area contributed by atoms with Gasteiger partial charge in [-0.25, -0.2) is 9.97 Å². The first-order chi connectivity index (χ1) is 14.9. The minimum Gasteiger partial charge on any atom is -0.317 e. The molecular formula is C20H19F6N5O. The predicted molar refractivity (Wildman–Crippen MR) is 102 cm³/mol. The molecule has 1 unspecified atom stereocenters. The summed E-state index contributed by atoms with van der Waals surface area (Å²) >= 11 is 0. The van der Waals surface area contributed by atoms with Gasteiger partial charge in [0.25, 0.3) is 0 Å². The van der Waals surface area contributed by atoms with Crippen LogP contribution in [-0.4, -0.2) is 40.1 Å². The van der Waals surface area contributed by atoms with Crippen LogP contribution in [0.2, 0.25) is 0 Å². The van der Waals surface area contributed by atoms with Crippen LogP contribution < -0.4 is 10.6 Å². The highest BCUT2D eigenvalue weighted by atomic mass is 19.4. The maximum atomic E-state index is 13.7. The lowest BCUT2D eigenvalue weighted by Gasteiger charge is -2.34. The van der Waals surface area contributed by atoms with E-state index in [1.54, 1.807) is 6.92 Å². The summed E-state index contributed by atoms with van der Waals surface area (Å²) in [6, 6.07) is 1.64. The highest BCUT2D eigenvalue weighted by molar-refractivity contribution is 5.95. The molecule has 0 saturated carbocycles. The first kappa shape index (κ1) is 22.4. The lowest BCUT2D eigenvalue weighted by molar-refractivity contribution is -0.156. The Bertz CT molecular complexity index is 1050. The third kappa shape index (κ3) is 4.15. The van der Waals surface area contributed by atoms with E-state index in [4.69, 9.17) is 0 Å². The van der Waals surface area contributed by atoms with Gasteiger partial charge < -0.3 is 10.6 Å². The molecule has 32 heavy (non-hydrogen) atoms. The van der Waals surface area contributed by atoms with Crippen LogP contribution in [0.15, 0.2) is 18.5 Å². The normalized spacial score (nSPS) is 21.1. The zero-order valence-corrected chi connectivity index (χ0v) is 16.9. The molecule has 2 aliphatic heterocycles. The number of anilines is 1. The van der Waals surface area contributed by atoms with Crippen molar-refractivity contribution < 1.29 is 31.1 Å². The number of amides is 1. The second kappa shape index (κ2) is 7.68. The molecule has 1 amide bonds. The monoisotopic (exact) mass is 459 g/mol. The van der Waals surface area contributed by atoms with Gasteiger partial charge in [-0.3, -0.25) is 9.78 Å². The van der Waals surface area contributed by atoms with Crippen LogP contribution in [0.1, 0.15) is 48.9 Å². The van der Waals surface area contributed by atoms with Gasteiger partial charge in [0.2, 0.25) is 5.91 Å². The van der Waals surface area contributed by atoms with Crippen LogP contribution in [0.25, 0.3) is 11.4 Å². The number of hydrogen-bond donors (Lipinski definition) is 2. The molecule has 0 radical (unpaired) electrons. The molecule has 2 aliphatic rings. The fourth-order valence-electron chi connectivity index (χ4n) is 4.14. The number of rotatable bonds is 2. The Morgan fingerprint density at radius 1 is 1.06 bits per heavy atom. The molecule has 0 aromatic carbocycles. The minimum atomic E-state index is -4.82. The molecule has 12 heteroatoms. The van der Waals surface area contributed by atoms with E-state index in [-0.39, 0.29) is 22.9 Å². The van der Waals surface area contributed by atoms with Gasteiger partial charge in [0, 0.05) is 23.1 Å². The lowest BCUT2D eigenvalue weighted by atomic mass is 9.77. The number of alkyl halides is 6. The summed E-state index contributed by atoms with van der Waals surface area (Å²) in [7, 11) is 0. The Hall–Kier alpha value is -2.76. The predicted octanol–water partition coefficient (Wildman–Crippen LogP) is 4.19. The smallest absolute Gasteiger partial charge is 0.317 e. The highest BCUT2D eigenvalue weighted by Gasteiger charge is 2.48. The molecule has 2 aromatic rings. The molecule has 1 saturated heterocycles. The zero-order valence-electron chi connectivity index (χ0n) is 16.9. The number of piperidine rings is 1. The van der Waals surface area contributed by atoms with E-state index in [0.29, 0.717) is 32.0 Å². The Kier molecular flexibility index (Phi) is 5.38. The van der Waals surface area contributed by atoms with Crippen molar-refractivity contribution >= 4 is 11.7 Å². The van der Waals surface area contributed by atoms with E-state index in [9.17, 15) is 31.1 Å². The molecule has 2 aromatic heterocycles. The molecule has 0 bridgehead atoms. The fraction of sp³-hybridized carbons (Fsp3) is 0.500. The van der Waals surface area contributed by atoms with Gasteiger partial charge in [-0.1, -0.05) is 6.92 Å². The molecule has 0 spiro atoms. The van der Waals surface area contributed by atoms with Gasteiger partial charge in [-0.15, -0.1) is 0 Å². The fourth-order valence-corrected chi connectivity index (χ4v) is 4.14. The number of carbonyl (C=O) groups is 1. The largest absolute Gasteiger partial charge is 0.416 e. The van der Waals surface area contributed by atoms with E-state index in [0.717, 1.165) is 12.4 Å². The zero-order chi connectivity index (χ0) is 23.3. The molecule has 4 heterocycles. The summed E-state index contributed by atoms with van der Waals surface area (Å²) in [4.78, 5) is 23.7. The second-order valence-electron chi connectivity index (χ2n) is 8.27. The molecule has 1 fully saturated rings. The first-order valence-corrected chi connectivity index (χ1v) is 9.91. The van der Waals surface area contributed by atoms with Gasteiger partial charge in [-0.05, 0) is 38.1 Å². The van der Waals surface area contributed by atoms with Gasteiger partial charge >= 0.3 is 12.4 Å². The summed E-state index contributed by atoms with van der Waals surface area (Å²) in [5, 5.41) is 5.39. The molecule has 6 nitrogen and oxygen atoms in total. The van der Waals surface area contributed by atoms with Crippen molar-refractivity contribution in [1.29, 1.82) is 0 Å².